The number of benzene rings is 1. The Bertz CT molecular complexity index is 1320. The second-order valence-electron chi connectivity index (χ2n) is 6.42. The molecule has 9 heteroatoms. The molecule has 3 N–H and O–H groups in total. The van der Waals surface area contributed by atoms with Crippen LogP contribution in [-0.4, -0.2) is 35.8 Å². The lowest BCUT2D eigenvalue weighted by Crippen LogP contribution is -2.13. The van der Waals surface area contributed by atoms with Crippen LogP contribution in [0.3, 0.4) is 0 Å². The molecule has 0 atom stereocenters. The van der Waals surface area contributed by atoms with E-state index in [1.54, 1.807) is 29.1 Å². The zero-order valence-electron chi connectivity index (χ0n) is 15.2. The van der Waals surface area contributed by atoms with Crippen LogP contribution in [0.1, 0.15) is 19.5 Å². The standard InChI is InChI=1S/C19H18N6O3/c1-11(2)28-14-5-3-4-13(9-14)21-16-6-7-25-17(23-16)12(10-20-25)8-15-18(26)24-19(27)22-15/h3-11,26H,1-2H3,(H2,22,24,27)/b12-8-,21-16?. The maximum absolute atomic E-state index is 11.3. The zero-order chi connectivity index (χ0) is 19.7. The van der Waals surface area contributed by atoms with E-state index in [1.807, 2.05) is 38.1 Å². The number of nitrogens with zero attached hydrogens (tertiary/aromatic N) is 4. The van der Waals surface area contributed by atoms with Crippen molar-refractivity contribution in [1.29, 1.82) is 0 Å². The predicted octanol–water partition coefficient (Wildman–Crippen LogP) is 1.02. The number of aromatic amines is 2. The molecular formula is C19H18N6O3. The molecule has 9 nitrogen and oxygen atoms in total. The number of hydrogen-bond donors (Lipinski definition) is 3. The van der Waals surface area contributed by atoms with Crippen molar-refractivity contribution >= 4 is 17.4 Å². The number of H-pyrrole nitrogens is 2. The van der Waals surface area contributed by atoms with Gasteiger partial charge in [0.25, 0.3) is 0 Å². The Morgan fingerprint density at radius 1 is 1.29 bits per heavy atom. The average molecular weight is 378 g/mol. The molecule has 142 valence electrons. The van der Waals surface area contributed by atoms with Crippen molar-refractivity contribution in [2.24, 2.45) is 4.99 Å². The summed E-state index contributed by atoms with van der Waals surface area (Å²) in [5, 5.41) is 14.6. The van der Waals surface area contributed by atoms with Gasteiger partial charge in [0.1, 0.15) is 11.4 Å². The highest BCUT2D eigenvalue weighted by molar-refractivity contribution is 5.56. The summed E-state index contributed by atoms with van der Waals surface area (Å²) in [6, 6.07) is 9.21. The maximum atomic E-state index is 11.3. The van der Waals surface area contributed by atoms with Gasteiger partial charge in [0.2, 0.25) is 5.88 Å². The number of imidazole rings is 1. The van der Waals surface area contributed by atoms with E-state index in [9.17, 15) is 9.90 Å². The molecule has 0 aliphatic heterocycles. The summed E-state index contributed by atoms with van der Waals surface area (Å²) >= 11 is 0. The van der Waals surface area contributed by atoms with Gasteiger partial charge in [-0.25, -0.2) is 19.3 Å². The molecule has 0 unspecified atom stereocenters. The van der Waals surface area contributed by atoms with Crippen molar-refractivity contribution in [3.8, 4) is 11.6 Å². The Labute approximate surface area is 158 Å². The van der Waals surface area contributed by atoms with Crippen molar-refractivity contribution < 1.29 is 9.84 Å². The van der Waals surface area contributed by atoms with E-state index in [-0.39, 0.29) is 17.7 Å². The molecule has 1 aromatic carbocycles. The second-order valence-corrected chi connectivity index (χ2v) is 6.42. The summed E-state index contributed by atoms with van der Waals surface area (Å²) in [5.74, 6) is 0.495. The van der Waals surface area contributed by atoms with Crippen molar-refractivity contribution in [1.82, 2.24) is 24.6 Å². The van der Waals surface area contributed by atoms with Gasteiger partial charge in [-0.3, -0.25) is 4.98 Å². The van der Waals surface area contributed by atoms with Crippen LogP contribution in [0.25, 0.3) is 11.7 Å². The molecule has 0 fully saturated rings. The van der Waals surface area contributed by atoms with Crippen LogP contribution in [0.15, 0.2) is 52.5 Å². The van der Waals surface area contributed by atoms with Gasteiger partial charge in [0.05, 0.1) is 18.0 Å². The molecule has 0 aliphatic carbocycles. The number of ether oxygens (including phenoxy) is 1. The van der Waals surface area contributed by atoms with E-state index in [0.29, 0.717) is 22.0 Å². The Morgan fingerprint density at radius 2 is 2.14 bits per heavy atom. The van der Waals surface area contributed by atoms with Gasteiger partial charge in [-0.05, 0) is 32.1 Å². The lowest BCUT2D eigenvalue weighted by Gasteiger charge is -2.09. The van der Waals surface area contributed by atoms with Gasteiger partial charge in [-0.2, -0.15) is 5.10 Å². The van der Waals surface area contributed by atoms with Crippen LogP contribution in [0.4, 0.5) is 5.69 Å². The summed E-state index contributed by atoms with van der Waals surface area (Å²) < 4.78 is 7.28. The minimum Gasteiger partial charge on any atom is -0.493 e. The fourth-order valence-electron chi connectivity index (χ4n) is 2.72. The predicted molar refractivity (Wildman–Crippen MR) is 102 cm³/mol. The molecule has 4 aromatic rings. The van der Waals surface area contributed by atoms with E-state index in [2.05, 4.69) is 25.0 Å². The zero-order valence-corrected chi connectivity index (χ0v) is 15.2. The van der Waals surface area contributed by atoms with Crippen molar-refractivity contribution in [3.63, 3.8) is 0 Å². The van der Waals surface area contributed by atoms with Crippen molar-refractivity contribution in [3.05, 3.63) is 69.6 Å². The summed E-state index contributed by atoms with van der Waals surface area (Å²) in [6.07, 6.45) is 5.00. The molecule has 3 heterocycles. The normalized spacial score (nSPS) is 13.0. The first-order valence-electron chi connectivity index (χ1n) is 8.67. The number of aromatic hydroxyl groups is 1. The third-order valence-electron chi connectivity index (χ3n) is 3.85. The monoisotopic (exact) mass is 378 g/mol. The second kappa shape index (κ2) is 7.03. The smallest absolute Gasteiger partial charge is 0.326 e. The Morgan fingerprint density at radius 3 is 2.89 bits per heavy atom. The highest BCUT2D eigenvalue weighted by Crippen LogP contribution is 2.20. The van der Waals surface area contributed by atoms with Gasteiger partial charge in [-0.15, -0.1) is 0 Å². The average Bonchev–Trinajstić information content (AvgIpc) is 3.17. The Balaban J connectivity index is 1.79. The van der Waals surface area contributed by atoms with Gasteiger partial charge < -0.3 is 14.8 Å². The van der Waals surface area contributed by atoms with E-state index in [1.165, 1.54) is 0 Å². The number of fused-ring (bicyclic) bond motifs is 1. The fraction of sp³-hybridized carbons (Fsp3) is 0.158. The summed E-state index contributed by atoms with van der Waals surface area (Å²) in [5.41, 5.74) is 1.51. The lowest BCUT2D eigenvalue weighted by atomic mass is 10.3. The number of hydrogen-bond acceptors (Lipinski definition) is 6. The van der Waals surface area contributed by atoms with Crippen LogP contribution < -0.4 is 21.1 Å². The van der Waals surface area contributed by atoms with Gasteiger partial charge in [0.15, 0.2) is 11.1 Å². The molecule has 0 saturated carbocycles. The van der Waals surface area contributed by atoms with Crippen LogP contribution in [0.5, 0.6) is 11.6 Å². The highest BCUT2D eigenvalue weighted by Gasteiger charge is 2.05. The Kier molecular flexibility index (Phi) is 4.40. The molecule has 0 spiro atoms. The minimum absolute atomic E-state index is 0.0749. The fourth-order valence-corrected chi connectivity index (χ4v) is 2.72. The summed E-state index contributed by atoms with van der Waals surface area (Å²) in [7, 11) is 0. The van der Waals surface area contributed by atoms with E-state index < -0.39 is 5.69 Å². The van der Waals surface area contributed by atoms with Crippen LogP contribution in [-0.2, 0) is 0 Å². The van der Waals surface area contributed by atoms with E-state index in [4.69, 9.17) is 4.74 Å². The third-order valence-corrected chi connectivity index (χ3v) is 3.85. The minimum atomic E-state index is -0.493. The SMILES string of the molecule is CC(C)Oc1cccc(N=c2ccn3nc/c(=C/c4[nH]c(=O)[nH]c4O)c3n2)c1. The number of nitrogens with one attached hydrogen (secondary N) is 2. The molecule has 3 aromatic heterocycles. The molecule has 0 saturated heterocycles. The molecular weight excluding hydrogens is 360 g/mol. The van der Waals surface area contributed by atoms with Gasteiger partial charge in [-0.1, -0.05) is 6.07 Å². The number of rotatable bonds is 4. The van der Waals surface area contributed by atoms with Gasteiger partial charge >= 0.3 is 5.69 Å². The van der Waals surface area contributed by atoms with Crippen LogP contribution in [0.2, 0.25) is 0 Å². The molecule has 28 heavy (non-hydrogen) atoms. The van der Waals surface area contributed by atoms with Crippen LogP contribution in [0, 0.1) is 0 Å². The van der Waals surface area contributed by atoms with Crippen LogP contribution >= 0.6 is 0 Å². The maximum Gasteiger partial charge on any atom is 0.326 e. The molecule has 0 radical (unpaired) electrons. The molecule has 0 amide bonds. The highest BCUT2D eigenvalue weighted by atomic mass is 16.5. The van der Waals surface area contributed by atoms with E-state index >= 15 is 0 Å². The largest absolute Gasteiger partial charge is 0.493 e. The third kappa shape index (κ3) is 3.63. The summed E-state index contributed by atoms with van der Waals surface area (Å²) in [4.78, 5) is 25.2. The lowest BCUT2D eigenvalue weighted by molar-refractivity contribution is 0.242. The molecule has 0 bridgehead atoms. The number of aromatic nitrogens is 5. The topological polar surface area (TPSA) is 121 Å². The Hall–Kier alpha value is -3.88. The summed E-state index contributed by atoms with van der Waals surface area (Å²) in [6.45, 7) is 3.93. The van der Waals surface area contributed by atoms with E-state index in [0.717, 1.165) is 5.75 Å². The van der Waals surface area contributed by atoms with Crippen molar-refractivity contribution in [2.75, 3.05) is 0 Å². The van der Waals surface area contributed by atoms with Gasteiger partial charge in [0, 0.05) is 23.5 Å². The first-order chi connectivity index (χ1) is 13.5. The first kappa shape index (κ1) is 17.5. The molecule has 4 rings (SSSR count). The first-order valence-corrected chi connectivity index (χ1v) is 8.67. The van der Waals surface area contributed by atoms with Crippen molar-refractivity contribution in [2.45, 2.75) is 20.0 Å². The quantitative estimate of drug-likeness (QED) is 0.490. The molecule has 0 aliphatic rings.